The van der Waals surface area contributed by atoms with Gasteiger partial charge in [0.2, 0.25) is 0 Å². The first kappa shape index (κ1) is 17.5. The predicted molar refractivity (Wildman–Crippen MR) is 102 cm³/mol. The van der Waals surface area contributed by atoms with Crippen molar-refractivity contribution in [3.63, 3.8) is 0 Å². The fourth-order valence-corrected chi connectivity index (χ4v) is 5.55. The molecule has 1 atom stereocenters. The quantitative estimate of drug-likeness (QED) is 0.289. The van der Waals surface area contributed by atoms with E-state index in [9.17, 15) is 0 Å². The zero-order chi connectivity index (χ0) is 16.4. The molecule has 0 radical (unpaired) electrons. The van der Waals surface area contributed by atoms with E-state index in [1.165, 1.54) is 33.7 Å². The number of unbranched alkanes of at least 4 members (excludes halogenated alkanes) is 1. The van der Waals surface area contributed by atoms with Crippen molar-refractivity contribution in [2.24, 2.45) is 0 Å². The average molecular weight is 369 g/mol. The molecule has 2 aromatic rings. The van der Waals surface area contributed by atoms with Crippen molar-refractivity contribution in [2.75, 3.05) is 12.0 Å². The Balaban J connectivity index is 2.07. The lowest BCUT2D eigenvalue weighted by atomic mass is 9.90. The van der Waals surface area contributed by atoms with Crippen LogP contribution in [0.4, 0.5) is 0 Å². The number of fused-ring (bicyclic) bond motifs is 3. The van der Waals surface area contributed by atoms with Gasteiger partial charge in [0.05, 0.1) is 12.2 Å². The lowest BCUT2D eigenvalue weighted by Gasteiger charge is -2.33. The minimum absolute atomic E-state index is 0.0511. The highest BCUT2D eigenvalue weighted by Crippen LogP contribution is 2.43. The first-order valence-corrected chi connectivity index (χ1v) is 11.3. The van der Waals surface area contributed by atoms with Crippen LogP contribution in [0.3, 0.4) is 0 Å². The number of ether oxygens (including phenoxy) is 1. The van der Waals surface area contributed by atoms with Crippen molar-refractivity contribution < 1.29 is 4.74 Å². The number of hydrogen-bond acceptors (Lipinski definition) is 6. The molecule has 3 heterocycles. The SMILES string of the molecule is CCCCSc1nc(SC)nc2sc3c(c12)C[C@](C)(CC)OC3. The summed E-state index contributed by atoms with van der Waals surface area (Å²) in [7, 11) is 0. The summed E-state index contributed by atoms with van der Waals surface area (Å²) in [5.74, 6) is 1.13. The van der Waals surface area contributed by atoms with Crippen LogP contribution in [0.2, 0.25) is 0 Å². The van der Waals surface area contributed by atoms with Gasteiger partial charge in [-0.25, -0.2) is 9.97 Å². The summed E-state index contributed by atoms with van der Waals surface area (Å²) in [6.07, 6.45) is 6.51. The molecule has 2 aromatic heterocycles. The molecule has 0 N–H and O–H groups in total. The van der Waals surface area contributed by atoms with Crippen LogP contribution in [-0.4, -0.2) is 27.6 Å². The first-order chi connectivity index (χ1) is 11.1. The molecule has 126 valence electrons. The molecule has 1 aliphatic heterocycles. The molecular formula is C17H24N2OS3. The van der Waals surface area contributed by atoms with Crippen molar-refractivity contribution in [3.05, 3.63) is 10.4 Å². The molecule has 0 spiro atoms. The molecule has 3 nitrogen and oxygen atoms in total. The van der Waals surface area contributed by atoms with Gasteiger partial charge in [0.15, 0.2) is 5.16 Å². The molecule has 0 aromatic carbocycles. The second-order valence-electron chi connectivity index (χ2n) is 6.17. The van der Waals surface area contributed by atoms with Crippen LogP contribution in [0.1, 0.15) is 50.5 Å². The standard InChI is InChI=1S/C17H24N2OS3/c1-5-7-8-22-14-13-11-9-17(3,6-2)20-10-12(11)23-15(13)19-16(18-14)21-4/h5-10H2,1-4H3/t17-/m0/s1. The van der Waals surface area contributed by atoms with Gasteiger partial charge in [-0.3, -0.25) is 0 Å². The van der Waals surface area contributed by atoms with E-state index in [4.69, 9.17) is 14.7 Å². The molecule has 0 aliphatic carbocycles. The molecule has 23 heavy (non-hydrogen) atoms. The Morgan fingerprint density at radius 3 is 2.83 bits per heavy atom. The van der Waals surface area contributed by atoms with E-state index >= 15 is 0 Å². The summed E-state index contributed by atoms with van der Waals surface area (Å²) >= 11 is 5.31. The molecule has 6 heteroatoms. The van der Waals surface area contributed by atoms with Crippen molar-refractivity contribution >= 4 is 45.1 Å². The van der Waals surface area contributed by atoms with Crippen LogP contribution >= 0.6 is 34.9 Å². The monoisotopic (exact) mass is 368 g/mol. The van der Waals surface area contributed by atoms with E-state index in [1.54, 1.807) is 23.1 Å². The van der Waals surface area contributed by atoms with Crippen molar-refractivity contribution in [1.29, 1.82) is 0 Å². The zero-order valence-corrected chi connectivity index (χ0v) is 16.7. The maximum absolute atomic E-state index is 6.12. The van der Waals surface area contributed by atoms with Crippen molar-refractivity contribution in [2.45, 2.75) is 68.8 Å². The van der Waals surface area contributed by atoms with E-state index < -0.39 is 0 Å². The lowest BCUT2D eigenvalue weighted by Crippen LogP contribution is -2.33. The second-order valence-corrected chi connectivity index (χ2v) is 9.11. The smallest absolute Gasteiger partial charge is 0.189 e. The van der Waals surface area contributed by atoms with E-state index in [0.717, 1.165) is 28.6 Å². The molecule has 0 unspecified atom stereocenters. The van der Waals surface area contributed by atoms with Gasteiger partial charge in [-0.05, 0) is 37.3 Å². The Morgan fingerprint density at radius 1 is 1.30 bits per heavy atom. The van der Waals surface area contributed by atoms with E-state index in [-0.39, 0.29) is 5.60 Å². The Morgan fingerprint density at radius 2 is 2.13 bits per heavy atom. The molecule has 0 fully saturated rings. The highest BCUT2D eigenvalue weighted by molar-refractivity contribution is 7.99. The van der Waals surface area contributed by atoms with Gasteiger partial charge in [0, 0.05) is 16.7 Å². The zero-order valence-electron chi connectivity index (χ0n) is 14.3. The molecule has 1 aliphatic rings. The van der Waals surface area contributed by atoms with Crippen molar-refractivity contribution in [3.8, 4) is 0 Å². The number of rotatable bonds is 6. The topological polar surface area (TPSA) is 35.0 Å². The Kier molecular flexibility index (Phi) is 5.56. The molecular weight excluding hydrogens is 344 g/mol. The van der Waals surface area contributed by atoms with Crippen LogP contribution < -0.4 is 0 Å². The van der Waals surface area contributed by atoms with Crippen LogP contribution in [0.15, 0.2) is 10.2 Å². The van der Waals surface area contributed by atoms with Gasteiger partial charge in [0.1, 0.15) is 9.86 Å². The maximum Gasteiger partial charge on any atom is 0.189 e. The van der Waals surface area contributed by atoms with Crippen LogP contribution in [0.25, 0.3) is 10.2 Å². The van der Waals surface area contributed by atoms with Crippen molar-refractivity contribution in [1.82, 2.24) is 9.97 Å². The maximum atomic E-state index is 6.12. The van der Waals surface area contributed by atoms with E-state index in [0.29, 0.717) is 6.61 Å². The summed E-state index contributed by atoms with van der Waals surface area (Å²) in [6.45, 7) is 7.38. The number of nitrogens with zero attached hydrogens (tertiary/aromatic N) is 2. The first-order valence-electron chi connectivity index (χ1n) is 8.23. The van der Waals surface area contributed by atoms with Gasteiger partial charge in [0.25, 0.3) is 0 Å². The largest absolute Gasteiger partial charge is 0.369 e. The predicted octanol–water partition coefficient (Wildman–Crippen LogP) is 5.55. The number of thioether (sulfide) groups is 2. The molecule has 0 saturated heterocycles. The Bertz CT molecular complexity index is 701. The second kappa shape index (κ2) is 7.30. The van der Waals surface area contributed by atoms with Gasteiger partial charge in [-0.15, -0.1) is 23.1 Å². The molecule has 0 bridgehead atoms. The number of aromatic nitrogens is 2. The Hall–Kier alpha value is -0.300. The fourth-order valence-electron chi connectivity index (χ4n) is 2.76. The summed E-state index contributed by atoms with van der Waals surface area (Å²) < 4.78 is 6.12. The van der Waals surface area contributed by atoms with Crippen LogP contribution in [0, 0.1) is 0 Å². The molecule has 0 amide bonds. The minimum Gasteiger partial charge on any atom is -0.369 e. The van der Waals surface area contributed by atoms with Gasteiger partial charge in [-0.1, -0.05) is 32.0 Å². The van der Waals surface area contributed by atoms with E-state index in [2.05, 4.69) is 20.8 Å². The van der Waals surface area contributed by atoms with Crippen LogP contribution in [-0.2, 0) is 17.8 Å². The fraction of sp³-hybridized carbons (Fsp3) is 0.647. The summed E-state index contributed by atoms with van der Waals surface area (Å²) in [5.41, 5.74) is 1.39. The Labute approximate surface area is 151 Å². The highest BCUT2D eigenvalue weighted by Gasteiger charge is 2.33. The summed E-state index contributed by atoms with van der Waals surface area (Å²) in [5, 5.41) is 3.35. The molecule has 3 rings (SSSR count). The van der Waals surface area contributed by atoms with Gasteiger partial charge in [-0.2, -0.15) is 0 Å². The summed E-state index contributed by atoms with van der Waals surface area (Å²) in [4.78, 5) is 12.1. The van der Waals surface area contributed by atoms with Crippen LogP contribution in [0.5, 0.6) is 0 Å². The third-order valence-corrected chi connectivity index (χ3v) is 7.16. The van der Waals surface area contributed by atoms with E-state index in [1.807, 2.05) is 18.0 Å². The van der Waals surface area contributed by atoms with Gasteiger partial charge >= 0.3 is 0 Å². The summed E-state index contributed by atoms with van der Waals surface area (Å²) in [6, 6.07) is 0. The van der Waals surface area contributed by atoms with Gasteiger partial charge < -0.3 is 4.74 Å². The third kappa shape index (κ3) is 3.55. The normalized spacial score (nSPS) is 20.9. The average Bonchev–Trinajstić information content (AvgIpc) is 2.92. The molecule has 0 saturated carbocycles. The third-order valence-electron chi connectivity index (χ3n) is 4.45. The highest BCUT2D eigenvalue weighted by atomic mass is 32.2. The lowest BCUT2D eigenvalue weighted by molar-refractivity contribution is -0.0543. The minimum atomic E-state index is -0.0511. The number of hydrogen-bond donors (Lipinski definition) is 0. The number of thiophene rings is 1.